The van der Waals surface area contributed by atoms with Crippen LogP contribution < -0.4 is 10.1 Å². The summed E-state index contributed by atoms with van der Waals surface area (Å²) in [6.45, 7) is 1.13. The Morgan fingerprint density at radius 1 is 1.12 bits per heavy atom. The fourth-order valence-electron chi connectivity index (χ4n) is 4.20. The molecule has 0 aliphatic carbocycles. The van der Waals surface area contributed by atoms with Crippen LogP contribution in [0.25, 0.3) is 0 Å². The van der Waals surface area contributed by atoms with Crippen molar-refractivity contribution in [2.75, 3.05) is 20.2 Å². The molecule has 7 nitrogen and oxygen atoms in total. The standard InChI is InChI=1S/C26H31FN2O5/c1-34-22-8-5-19(6-9-22)16-23(26(32)33)28-24(30)17-20-11-13-29(14-12-20)25(31)10-7-18-3-2-4-21(27)15-18/h2-6,8-9,15,20,23H,7,10-14,16-17H2,1H3,(H,28,30)(H,32,33). The van der Waals surface area contributed by atoms with Crippen LogP contribution in [0.1, 0.15) is 36.8 Å². The molecule has 1 unspecified atom stereocenters. The van der Waals surface area contributed by atoms with Crippen LogP contribution >= 0.6 is 0 Å². The average Bonchev–Trinajstić information content (AvgIpc) is 2.83. The first kappa shape index (κ1) is 25.2. The lowest BCUT2D eigenvalue weighted by Crippen LogP contribution is -2.44. The van der Waals surface area contributed by atoms with Gasteiger partial charge in [0.2, 0.25) is 11.8 Å². The Hall–Kier alpha value is -3.42. The second-order valence-electron chi connectivity index (χ2n) is 8.67. The summed E-state index contributed by atoms with van der Waals surface area (Å²) in [7, 11) is 1.56. The number of rotatable bonds is 10. The molecule has 1 aliphatic heterocycles. The Morgan fingerprint density at radius 3 is 2.44 bits per heavy atom. The van der Waals surface area contributed by atoms with Crippen LogP contribution in [0.5, 0.6) is 5.75 Å². The maximum Gasteiger partial charge on any atom is 0.326 e. The van der Waals surface area contributed by atoms with Crippen molar-refractivity contribution in [2.24, 2.45) is 5.92 Å². The van der Waals surface area contributed by atoms with E-state index in [0.29, 0.717) is 44.5 Å². The van der Waals surface area contributed by atoms with Gasteiger partial charge in [0.1, 0.15) is 17.6 Å². The lowest BCUT2D eigenvalue weighted by Gasteiger charge is -2.32. The van der Waals surface area contributed by atoms with Crippen LogP contribution in [0.3, 0.4) is 0 Å². The summed E-state index contributed by atoms with van der Waals surface area (Å²) in [6.07, 6.45) is 2.61. The van der Waals surface area contributed by atoms with E-state index in [1.54, 1.807) is 48.4 Å². The number of carboxylic acids is 1. The zero-order chi connectivity index (χ0) is 24.5. The molecule has 2 aromatic rings. The van der Waals surface area contributed by atoms with E-state index < -0.39 is 12.0 Å². The zero-order valence-corrected chi connectivity index (χ0v) is 19.3. The molecule has 182 valence electrons. The van der Waals surface area contributed by atoms with Gasteiger partial charge in [0, 0.05) is 32.4 Å². The number of amides is 2. The molecular weight excluding hydrogens is 439 g/mol. The van der Waals surface area contributed by atoms with Crippen molar-refractivity contribution in [3.63, 3.8) is 0 Å². The van der Waals surface area contributed by atoms with Crippen LogP contribution in [0, 0.1) is 11.7 Å². The SMILES string of the molecule is COc1ccc(CC(NC(=O)CC2CCN(C(=O)CCc3cccc(F)c3)CC2)C(=O)O)cc1. The van der Waals surface area contributed by atoms with E-state index in [4.69, 9.17) is 4.74 Å². The Balaban J connectivity index is 1.41. The van der Waals surface area contributed by atoms with Gasteiger partial charge in [-0.15, -0.1) is 0 Å². The number of nitrogens with zero attached hydrogens (tertiary/aromatic N) is 1. The molecule has 3 rings (SSSR count). The highest BCUT2D eigenvalue weighted by molar-refractivity contribution is 5.84. The first-order valence-corrected chi connectivity index (χ1v) is 11.5. The highest BCUT2D eigenvalue weighted by Crippen LogP contribution is 2.22. The van der Waals surface area contributed by atoms with Crippen LogP contribution in [0.2, 0.25) is 0 Å². The van der Waals surface area contributed by atoms with Gasteiger partial charge >= 0.3 is 5.97 Å². The van der Waals surface area contributed by atoms with E-state index in [1.165, 1.54) is 12.1 Å². The minimum atomic E-state index is -1.08. The van der Waals surface area contributed by atoms with Gasteiger partial charge in [-0.2, -0.15) is 0 Å². The number of aliphatic carboxylic acids is 1. The highest BCUT2D eigenvalue weighted by Gasteiger charge is 2.26. The first-order chi connectivity index (χ1) is 16.3. The molecule has 2 amide bonds. The Labute approximate surface area is 198 Å². The topological polar surface area (TPSA) is 95.9 Å². The number of methoxy groups -OCH3 is 1. The quantitative estimate of drug-likeness (QED) is 0.556. The van der Waals surface area contributed by atoms with Crippen LogP contribution in [0.15, 0.2) is 48.5 Å². The molecule has 0 spiro atoms. The predicted octanol–water partition coefficient (Wildman–Crippen LogP) is 3.21. The van der Waals surface area contributed by atoms with E-state index in [0.717, 1.165) is 11.1 Å². The van der Waals surface area contributed by atoms with Gasteiger partial charge in [0.05, 0.1) is 7.11 Å². The predicted molar refractivity (Wildman–Crippen MR) is 125 cm³/mol. The minimum absolute atomic E-state index is 0.0256. The molecule has 1 saturated heterocycles. The highest BCUT2D eigenvalue weighted by atomic mass is 19.1. The van der Waals surface area contributed by atoms with Crippen molar-refractivity contribution < 1.29 is 28.6 Å². The van der Waals surface area contributed by atoms with E-state index in [2.05, 4.69) is 5.32 Å². The normalized spacial score (nSPS) is 14.9. The molecule has 1 atom stereocenters. The molecule has 2 aromatic carbocycles. The van der Waals surface area contributed by atoms with E-state index in [1.807, 2.05) is 0 Å². The number of likely N-dealkylation sites (tertiary alicyclic amines) is 1. The maximum atomic E-state index is 13.3. The lowest BCUT2D eigenvalue weighted by atomic mass is 9.92. The summed E-state index contributed by atoms with van der Waals surface area (Å²) in [5.74, 6) is -0.878. The number of ether oxygens (including phenoxy) is 1. The Bertz CT molecular complexity index is 987. The molecule has 0 bridgehead atoms. The third-order valence-corrected chi connectivity index (χ3v) is 6.19. The van der Waals surface area contributed by atoms with Crippen molar-refractivity contribution in [3.8, 4) is 5.75 Å². The van der Waals surface area contributed by atoms with Crippen molar-refractivity contribution in [2.45, 2.75) is 44.6 Å². The molecule has 2 N–H and O–H groups in total. The summed E-state index contributed by atoms with van der Waals surface area (Å²) < 4.78 is 18.4. The molecule has 1 fully saturated rings. The number of nitrogens with one attached hydrogen (secondary N) is 1. The first-order valence-electron chi connectivity index (χ1n) is 11.5. The molecule has 34 heavy (non-hydrogen) atoms. The van der Waals surface area contributed by atoms with Gasteiger partial charge in [-0.1, -0.05) is 24.3 Å². The smallest absolute Gasteiger partial charge is 0.326 e. The second kappa shape index (κ2) is 12.2. The lowest BCUT2D eigenvalue weighted by molar-refractivity contribution is -0.142. The minimum Gasteiger partial charge on any atom is -0.497 e. The maximum absolute atomic E-state index is 13.3. The van der Waals surface area contributed by atoms with Gasteiger partial charge < -0.3 is 20.1 Å². The molecule has 1 aliphatic rings. The fraction of sp³-hybridized carbons (Fsp3) is 0.423. The number of benzene rings is 2. The molecule has 8 heteroatoms. The van der Waals surface area contributed by atoms with Crippen molar-refractivity contribution in [3.05, 3.63) is 65.5 Å². The number of aryl methyl sites for hydroxylation is 1. The monoisotopic (exact) mass is 470 g/mol. The molecule has 1 heterocycles. The third-order valence-electron chi connectivity index (χ3n) is 6.19. The molecule has 0 radical (unpaired) electrons. The van der Waals surface area contributed by atoms with Gasteiger partial charge in [-0.25, -0.2) is 9.18 Å². The number of hydrogen-bond donors (Lipinski definition) is 2. The molecule has 0 aromatic heterocycles. The number of piperidine rings is 1. The van der Waals surface area contributed by atoms with Crippen LogP contribution in [-0.4, -0.2) is 54.0 Å². The summed E-state index contributed by atoms with van der Waals surface area (Å²) in [6, 6.07) is 12.3. The summed E-state index contributed by atoms with van der Waals surface area (Å²) in [5.41, 5.74) is 1.58. The largest absolute Gasteiger partial charge is 0.497 e. The van der Waals surface area contributed by atoms with Gasteiger partial charge in [-0.05, 0) is 60.6 Å². The van der Waals surface area contributed by atoms with Crippen LogP contribution in [-0.2, 0) is 27.2 Å². The third kappa shape index (κ3) is 7.57. The van der Waals surface area contributed by atoms with E-state index in [9.17, 15) is 23.9 Å². The van der Waals surface area contributed by atoms with Gasteiger partial charge in [0.25, 0.3) is 0 Å². The van der Waals surface area contributed by atoms with E-state index in [-0.39, 0.29) is 36.4 Å². The number of halogens is 1. The molecular formula is C26H31FN2O5. The summed E-state index contributed by atoms with van der Waals surface area (Å²) >= 11 is 0. The van der Waals surface area contributed by atoms with Crippen molar-refractivity contribution >= 4 is 17.8 Å². The Kier molecular flexibility index (Phi) is 9.01. The average molecular weight is 471 g/mol. The van der Waals surface area contributed by atoms with E-state index >= 15 is 0 Å². The summed E-state index contributed by atoms with van der Waals surface area (Å²) in [4.78, 5) is 38.5. The zero-order valence-electron chi connectivity index (χ0n) is 19.3. The fourth-order valence-corrected chi connectivity index (χ4v) is 4.20. The second-order valence-corrected chi connectivity index (χ2v) is 8.67. The van der Waals surface area contributed by atoms with Crippen molar-refractivity contribution in [1.82, 2.24) is 10.2 Å². The number of carbonyl (C=O) groups is 3. The number of carboxylic acid groups (broad SMARTS) is 1. The number of hydrogen-bond acceptors (Lipinski definition) is 4. The Morgan fingerprint density at radius 2 is 1.82 bits per heavy atom. The van der Waals surface area contributed by atoms with Gasteiger partial charge in [-0.3, -0.25) is 9.59 Å². The summed E-state index contributed by atoms with van der Waals surface area (Å²) in [5, 5.41) is 12.2. The van der Waals surface area contributed by atoms with Crippen molar-refractivity contribution in [1.29, 1.82) is 0 Å². The van der Waals surface area contributed by atoms with Gasteiger partial charge in [0.15, 0.2) is 0 Å². The molecule has 0 saturated carbocycles. The number of carbonyl (C=O) groups excluding carboxylic acids is 2. The van der Waals surface area contributed by atoms with Crippen LogP contribution in [0.4, 0.5) is 4.39 Å².